The first-order valence-electron chi connectivity index (χ1n) is 8.72. The molecule has 0 saturated heterocycles. The summed E-state index contributed by atoms with van der Waals surface area (Å²) in [5.74, 6) is 2.22. The molecule has 2 aromatic carbocycles. The number of hydrogen-bond donors (Lipinski definition) is 1. The van der Waals surface area contributed by atoms with Gasteiger partial charge in [0.15, 0.2) is 11.5 Å². The van der Waals surface area contributed by atoms with Gasteiger partial charge >= 0.3 is 0 Å². The molecule has 140 valence electrons. The van der Waals surface area contributed by atoms with E-state index in [9.17, 15) is 4.79 Å². The van der Waals surface area contributed by atoms with Crippen molar-refractivity contribution >= 4 is 5.91 Å². The highest BCUT2D eigenvalue weighted by molar-refractivity contribution is 5.76. The van der Waals surface area contributed by atoms with Crippen molar-refractivity contribution in [2.45, 2.75) is 32.7 Å². The second kappa shape index (κ2) is 9.70. The number of rotatable bonds is 9. The van der Waals surface area contributed by atoms with Gasteiger partial charge in [-0.3, -0.25) is 4.79 Å². The van der Waals surface area contributed by atoms with Crippen LogP contribution in [0.4, 0.5) is 0 Å². The van der Waals surface area contributed by atoms with Crippen LogP contribution >= 0.6 is 0 Å². The fraction of sp³-hybridized carbons (Fsp3) is 0.381. The summed E-state index contributed by atoms with van der Waals surface area (Å²) in [6.45, 7) is 4.30. The molecule has 0 saturated carbocycles. The van der Waals surface area contributed by atoms with Gasteiger partial charge in [0.1, 0.15) is 12.4 Å². The molecule has 2 rings (SSSR count). The molecule has 0 fully saturated rings. The largest absolute Gasteiger partial charge is 0.496 e. The third-order valence-corrected chi connectivity index (χ3v) is 4.07. The van der Waals surface area contributed by atoms with E-state index in [1.54, 1.807) is 14.2 Å². The summed E-state index contributed by atoms with van der Waals surface area (Å²) in [4.78, 5) is 12.2. The van der Waals surface area contributed by atoms with Crippen LogP contribution < -0.4 is 19.5 Å². The van der Waals surface area contributed by atoms with Crippen molar-refractivity contribution in [2.24, 2.45) is 0 Å². The highest BCUT2D eigenvalue weighted by Gasteiger charge is 2.10. The van der Waals surface area contributed by atoms with Crippen molar-refractivity contribution in [2.75, 3.05) is 20.8 Å². The number of amides is 1. The molecular weight excluding hydrogens is 330 g/mol. The SMILES string of the molecule is COc1ccc(CCC(=O)N[C@H](C)COc2ccccc2OC)cc1C. The predicted molar refractivity (Wildman–Crippen MR) is 102 cm³/mol. The van der Waals surface area contributed by atoms with Gasteiger partial charge in [-0.2, -0.15) is 0 Å². The summed E-state index contributed by atoms with van der Waals surface area (Å²) in [5.41, 5.74) is 2.19. The van der Waals surface area contributed by atoms with Gasteiger partial charge in [-0.15, -0.1) is 0 Å². The maximum Gasteiger partial charge on any atom is 0.220 e. The molecule has 26 heavy (non-hydrogen) atoms. The minimum Gasteiger partial charge on any atom is -0.496 e. The lowest BCUT2D eigenvalue weighted by atomic mass is 10.1. The number of ether oxygens (including phenoxy) is 3. The third-order valence-electron chi connectivity index (χ3n) is 4.07. The fourth-order valence-corrected chi connectivity index (χ4v) is 2.70. The third kappa shape index (κ3) is 5.69. The molecule has 0 bridgehead atoms. The molecule has 0 aliphatic rings. The maximum atomic E-state index is 12.2. The molecule has 5 nitrogen and oxygen atoms in total. The van der Waals surface area contributed by atoms with Gasteiger partial charge in [-0.25, -0.2) is 0 Å². The van der Waals surface area contributed by atoms with Gasteiger partial charge in [-0.1, -0.05) is 24.3 Å². The van der Waals surface area contributed by atoms with E-state index in [0.717, 1.165) is 16.9 Å². The molecule has 0 radical (unpaired) electrons. The van der Waals surface area contributed by atoms with E-state index in [4.69, 9.17) is 14.2 Å². The van der Waals surface area contributed by atoms with Gasteiger partial charge in [-0.05, 0) is 49.6 Å². The second-order valence-corrected chi connectivity index (χ2v) is 6.23. The van der Waals surface area contributed by atoms with Crippen molar-refractivity contribution in [3.63, 3.8) is 0 Å². The zero-order chi connectivity index (χ0) is 18.9. The van der Waals surface area contributed by atoms with E-state index >= 15 is 0 Å². The van der Waals surface area contributed by atoms with Gasteiger partial charge in [0.2, 0.25) is 5.91 Å². The van der Waals surface area contributed by atoms with Crippen LogP contribution in [0.2, 0.25) is 0 Å². The van der Waals surface area contributed by atoms with Crippen LogP contribution in [0, 0.1) is 6.92 Å². The average Bonchev–Trinajstić information content (AvgIpc) is 2.65. The van der Waals surface area contributed by atoms with Crippen molar-refractivity contribution in [1.29, 1.82) is 0 Å². The number of methoxy groups -OCH3 is 2. The summed E-state index contributed by atoms with van der Waals surface area (Å²) in [7, 11) is 3.26. The molecule has 1 amide bonds. The Morgan fingerprint density at radius 2 is 1.73 bits per heavy atom. The van der Waals surface area contributed by atoms with Gasteiger partial charge in [0, 0.05) is 6.42 Å². The minimum absolute atomic E-state index is 0.00889. The number of hydrogen-bond acceptors (Lipinski definition) is 4. The van der Waals surface area contributed by atoms with Crippen LogP contribution in [0.3, 0.4) is 0 Å². The number of carbonyl (C=O) groups excluding carboxylic acids is 1. The monoisotopic (exact) mass is 357 g/mol. The van der Waals surface area contributed by atoms with Gasteiger partial charge in [0.05, 0.1) is 20.3 Å². The van der Waals surface area contributed by atoms with Crippen LogP contribution in [0.25, 0.3) is 0 Å². The molecular formula is C21H27NO4. The smallest absolute Gasteiger partial charge is 0.220 e. The summed E-state index contributed by atoms with van der Waals surface area (Å²) in [6, 6.07) is 13.4. The van der Waals surface area contributed by atoms with Crippen molar-refractivity contribution < 1.29 is 19.0 Å². The molecule has 0 aromatic heterocycles. The molecule has 0 unspecified atom stereocenters. The van der Waals surface area contributed by atoms with Crippen molar-refractivity contribution in [3.05, 3.63) is 53.6 Å². The number of para-hydroxylation sites is 2. The Labute approximate surface area is 155 Å². The Morgan fingerprint density at radius 3 is 2.38 bits per heavy atom. The summed E-state index contributed by atoms with van der Waals surface area (Å²) < 4.78 is 16.2. The zero-order valence-electron chi connectivity index (χ0n) is 15.9. The summed E-state index contributed by atoms with van der Waals surface area (Å²) >= 11 is 0. The lowest BCUT2D eigenvalue weighted by molar-refractivity contribution is -0.121. The van der Waals surface area contributed by atoms with Crippen LogP contribution in [0.1, 0.15) is 24.5 Å². The van der Waals surface area contributed by atoms with Crippen molar-refractivity contribution in [1.82, 2.24) is 5.32 Å². The Balaban J connectivity index is 1.77. The number of benzene rings is 2. The Hall–Kier alpha value is -2.69. The molecule has 0 aliphatic heterocycles. The highest BCUT2D eigenvalue weighted by atomic mass is 16.5. The lowest BCUT2D eigenvalue weighted by Crippen LogP contribution is -2.36. The van der Waals surface area contributed by atoms with E-state index < -0.39 is 0 Å². The molecule has 0 heterocycles. The molecule has 1 atom stereocenters. The van der Waals surface area contributed by atoms with Crippen LogP contribution in [0.5, 0.6) is 17.2 Å². The van der Waals surface area contributed by atoms with E-state index in [1.165, 1.54) is 0 Å². The average molecular weight is 357 g/mol. The first-order chi connectivity index (χ1) is 12.5. The predicted octanol–water partition coefficient (Wildman–Crippen LogP) is 3.53. The van der Waals surface area contributed by atoms with E-state index in [0.29, 0.717) is 30.9 Å². The number of nitrogens with one attached hydrogen (secondary N) is 1. The Kier molecular flexibility index (Phi) is 7.33. The van der Waals surface area contributed by atoms with E-state index in [2.05, 4.69) is 11.4 Å². The first kappa shape index (κ1) is 19.6. The van der Waals surface area contributed by atoms with Crippen LogP contribution in [0.15, 0.2) is 42.5 Å². The topological polar surface area (TPSA) is 56.8 Å². The summed E-state index contributed by atoms with van der Waals surface area (Å²) in [5, 5.41) is 2.97. The first-order valence-corrected chi connectivity index (χ1v) is 8.72. The highest BCUT2D eigenvalue weighted by Crippen LogP contribution is 2.25. The van der Waals surface area contributed by atoms with E-state index in [1.807, 2.05) is 50.2 Å². The number of carbonyl (C=O) groups is 1. The van der Waals surface area contributed by atoms with Gasteiger partial charge in [0.25, 0.3) is 0 Å². The molecule has 2 aromatic rings. The summed E-state index contributed by atoms with van der Waals surface area (Å²) in [6.07, 6.45) is 1.13. The quantitative estimate of drug-likeness (QED) is 0.746. The van der Waals surface area contributed by atoms with Crippen LogP contribution in [-0.2, 0) is 11.2 Å². The fourth-order valence-electron chi connectivity index (χ4n) is 2.70. The van der Waals surface area contributed by atoms with E-state index in [-0.39, 0.29) is 11.9 Å². The van der Waals surface area contributed by atoms with Crippen LogP contribution in [-0.4, -0.2) is 32.8 Å². The van der Waals surface area contributed by atoms with Crippen molar-refractivity contribution in [3.8, 4) is 17.2 Å². The number of aryl methyl sites for hydroxylation is 2. The minimum atomic E-state index is -0.0926. The lowest BCUT2D eigenvalue weighted by Gasteiger charge is -2.16. The zero-order valence-corrected chi connectivity index (χ0v) is 15.9. The standard InChI is InChI=1S/C21H27NO4/c1-15-13-17(9-11-18(15)24-3)10-12-21(23)22-16(2)14-26-20-8-6-5-7-19(20)25-4/h5-9,11,13,16H,10,12,14H2,1-4H3,(H,22,23)/t16-/m1/s1. The molecule has 0 spiro atoms. The molecule has 5 heteroatoms. The van der Waals surface area contributed by atoms with Gasteiger partial charge < -0.3 is 19.5 Å². The normalized spacial score (nSPS) is 11.5. The molecule has 0 aliphatic carbocycles. The molecule has 1 N–H and O–H groups in total. The Morgan fingerprint density at radius 1 is 1.04 bits per heavy atom. The second-order valence-electron chi connectivity index (χ2n) is 6.23. The maximum absolute atomic E-state index is 12.2. The Bertz CT molecular complexity index is 730.